The van der Waals surface area contributed by atoms with Crippen LogP contribution in [-0.4, -0.2) is 34.2 Å². The van der Waals surface area contributed by atoms with Gasteiger partial charge < -0.3 is 0 Å². The second-order valence-electron chi connectivity index (χ2n) is 5.61. The van der Waals surface area contributed by atoms with Crippen LogP contribution in [0.25, 0.3) is 0 Å². The Morgan fingerprint density at radius 2 is 1.58 bits per heavy atom. The lowest BCUT2D eigenvalue weighted by molar-refractivity contribution is 0.445. The number of benzene rings is 2. The van der Waals surface area contributed by atoms with Crippen molar-refractivity contribution < 1.29 is 21.2 Å². The molecule has 2 aromatic rings. The summed E-state index contributed by atoms with van der Waals surface area (Å²) in [6.45, 7) is 5.67. The van der Waals surface area contributed by atoms with Gasteiger partial charge in [-0.05, 0) is 36.8 Å². The van der Waals surface area contributed by atoms with Gasteiger partial charge in [-0.25, -0.2) is 21.2 Å². The molecule has 142 valence electrons. The highest BCUT2D eigenvalue weighted by atomic mass is 32.2. The van der Waals surface area contributed by atoms with E-state index in [2.05, 4.69) is 4.72 Å². The quantitative estimate of drug-likeness (QED) is 0.774. The molecule has 0 aliphatic heterocycles. The first-order valence-corrected chi connectivity index (χ1v) is 10.9. The standard InChI is InChI=1S/C17H21FN2O4S2/c1-4-20(5-2)26(23,24)17-12-14(11-10-13(17)3)19-25(21,22)16-9-7-6-8-15(16)18/h6-12,19H,4-5H2,1-3H3. The predicted molar refractivity (Wildman–Crippen MR) is 98.5 cm³/mol. The van der Waals surface area contributed by atoms with Crippen LogP contribution in [0, 0.1) is 12.7 Å². The molecule has 0 bridgehead atoms. The molecule has 2 aromatic carbocycles. The topological polar surface area (TPSA) is 83.6 Å². The summed E-state index contributed by atoms with van der Waals surface area (Å²) in [6.07, 6.45) is 0. The summed E-state index contributed by atoms with van der Waals surface area (Å²) >= 11 is 0. The second kappa shape index (κ2) is 7.73. The Morgan fingerprint density at radius 1 is 0.962 bits per heavy atom. The van der Waals surface area contributed by atoms with Crippen LogP contribution in [0.15, 0.2) is 52.3 Å². The van der Waals surface area contributed by atoms with Gasteiger partial charge in [0.2, 0.25) is 10.0 Å². The maximum atomic E-state index is 13.8. The molecule has 0 aliphatic carbocycles. The number of anilines is 1. The summed E-state index contributed by atoms with van der Waals surface area (Å²) in [5, 5.41) is 0. The summed E-state index contributed by atoms with van der Waals surface area (Å²) in [6, 6.07) is 9.17. The van der Waals surface area contributed by atoms with Crippen LogP contribution in [-0.2, 0) is 20.0 Å². The maximum absolute atomic E-state index is 13.8. The Kier molecular flexibility index (Phi) is 6.05. The number of nitrogens with zero attached hydrogens (tertiary/aromatic N) is 1. The van der Waals surface area contributed by atoms with Crippen LogP contribution in [0.2, 0.25) is 0 Å². The molecule has 0 spiro atoms. The number of nitrogens with one attached hydrogen (secondary N) is 1. The fourth-order valence-electron chi connectivity index (χ4n) is 2.52. The van der Waals surface area contributed by atoms with Gasteiger partial charge in [0, 0.05) is 13.1 Å². The van der Waals surface area contributed by atoms with Gasteiger partial charge in [-0.3, -0.25) is 4.72 Å². The summed E-state index contributed by atoms with van der Waals surface area (Å²) in [5.74, 6) is -0.886. The minimum atomic E-state index is -4.18. The molecule has 0 unspecified atom stereocenters. The van der Waals surface area contributed by atoms with Gasteiger partial charge in [-0.15, -0.1) is 0 Å². The van der Waals surface area contributed by atoms with E-state index < -0.39 is 30.8 Å². The summed E-state index contributed by atoms with van der Waals surface area (Å²) in [5.41, 5.74) is 0.537. The van der Waals surface area contributed by atoms with Crippen molar-refractivity contribution in [3.63, 3.8) is 0 Å². The molecule has 0 aromatic heterocycles. The van der Waals surface area contributed by atoms with Crippen LogP contribution < -0.4 is 4.72 Å². The number of hydrogen-bond donors (Lipinski definition) is 1. The fourth-order valence-corrected chi connectivity index (χ4v) is 5.36. The summed E-state index contributed by atoms with van der Waals surface area (Å²) in [7, 11) is -7.94. The van der Waals surface area contributed by atoms with Crippen LogP contribution in [0.4, 0.5) is 10.1 Å². The number of sulfonamides is 2. The molecule has 0 saturated heterocycles. The smallest absolute Gasteiger partial charge is 0.264 e. The number of rotatable bonds is 7. The molecule has 6 nitrogen and oxygen atoms in total. The monoisotopic (exact) mass is 400 g/mol. The van der Waals surface area contributed by atoms with Crippen molar-refractivity contribution in [2.75, 3.05) is 17.8 Å². The molecule has 0 amide bonds. The van der Waals surface area contributed by atoms with E-state index in [1.165, 1.54) is 34.6 Å². The van der Waals surface area contributed by atoms with Gasteiger partial charge in [0.15, 0.2) is 0 Å². The Balaban J connectivity index is 2.47. The number of aryl methyl sites for hydroxylation is 1. The minimum absolute atomic E-state index is 0.00920. The molecule has 0 radical (unpaired) electrons. The lowest BCUT2D eigenvalue weighted by Crippen LogP contribution is -2.31. The van der Waals surface area contributed by atoms with Crippen molar-refractivity contribution in [1.82, 2.24) is 4.31 Å². The van der Waals surface area contributed by atoms with Gasteiger partial charge in [0.1, 0.15) is 10.7 Å². The van der Waals surface area contributed by atoms with E-state index >= 15 is 0 Å². The van der Waals surface area contributed by atoms with Gasteiger partial charge in [-0.1, -0.05) is 32.0 Å². The molecule has 1 N–H and O–H groups in total. The number of halogens is 1. The zero-order valence-electron chi connectivity index (χ0n) is 14.7. The van der Waals surface area contributed by atoms with Crippen molar-refractivity contribution in [1.29, 1.82) is 0 Å². The molecule has 0 fully saturated rings. The average molecular weight is 400 g/mol. The van der Waals surface area contributed by atoms with Crippen molar-refractivity contribution in [2.24, 2.45) is 0 Å². The molecular weight excluding hydrogens is 379 g/mol. The molecular formula is C17H21FN2O4S2. The predicted octanol–water partition coefficient (Wildman–Crippen LogP) is 2.97. The molecule has 0 heterocycles. The van der Waals surface area contributed by atoms with Crippen LogP contribution in [0.1, 0.15) is 19.4 Å². The van der Waals surface area contributed by atoms with Crippen LogP contribution in [0.3, 0.4) is 0 Å². The Bertz CT molecular complexity index is 1000. The van der Waals surface area contributed by atoms with Crippen molar-refractivity contribution >= 4 is 25.7 Å². The Morgan fingerprint density at radius 3 is 2.15 bits per heavy atom. The first kappa shape index (κ1) is 20.3. The molecule has 0 aliphatic rings. The van der Waals surface area contributed by atoms with Gasteiger partial charge >= 0.3 is 0 Å². The van der Waals surface area contributed by atoms with Crippen molar-refractivity contribution in [3.8, 4) is 0 Å². The first-order valence-electron chi connectivity index (χ1n) is 8.01. The van der Waals surface area contributed by atoms with Gasteiger partial charge in [0.05, 0.1) is 10.6 Å². The third-order valence-corrected chi connectivity index (χ3v) is 7.50. The Labute approximate surface area is 153 Å². The van der Waals surface area contributed by atoms with E-state index in [-0.39, 0.29) is 10.6 Å². The largest absolute Gasteiger partial charge is 0.279 e. The van der Waals surface area contributed by atoms with Crippen LogP contribution >= 0.6 is 0 Å². The van der Waals surface area contributed by atoms with E-state index in [0.29, 0.717) is 18.7 Å². The highest BCUT2D eigenvalue weighted by Crippen LogP contribution is 2.25. The van der Waals surface area contributed by atoms with Gasteiger partial charge in [0.25, 0.3) is 10.0 Å². The summed E-state index contributed by atoms with van der Waals surface area (Å²) in [4.78, 5) is -0.497. The third kappa shape index (κ3) is 4.05. The first-order chi connectivity index (χ1) is 12.1. The van der Waals surface area contributed by atoms with Gasteiger partial charge in [-0.2, -0.15) is 4.31 Å². The van der Waals surface area contributed by atoms with E-state index in [4.69, 9.17) is 0 Å². The number of hydrogen-bond acceptors (Lipinski definition) is 4. The molecule has 26 heavy (non-hydrogen) atoms. The SMILES string of the molecule is CCN(CC)S(=O)(=O)c1cc(NS(=O)(=O)c2ccccc2F)ccc1C. The molecule has 9 heteroatoms. The Hall–Kier alpha value is -1.97. The lowest BCUT2D eigenvalue weighted by atomic mass is 10.2. The zero-order chi connectivity index (χ0) is 19.5. The fraction of sp³-hybridized carbons (Fsp3) is 0.294. The molecule has 0 atom stereocenters. The highest BCUT2D eigenvalue weighted by molar-refractivity contribution is 7.92. The van der Waals surface area contributed by atoms with E-state index in [0.717, 1.165) is 12.1 Å². The van der Waals surface area contributed by atoms with E-state index in [1.807, 2.05) is 0 Å². The lowest BCUT2D eigenvalue weighted by Gasteiger charge is -2.20. The highest BCUT2D eigenvalue weighted by Gasteiger charge is 2.25. The summed E-state index contributed by atoms with van der Waals surface area (Å²) < 4.78 is 67.6. The maximum Gasteiger partial charge on any atom is 0.264 e. The molecule has 2 rings (SSSR count). The van der Waals surface area contributed by atoms with E-state index in [1.54, 1.807) is 20.8 Å². The molecule has 0 saturated carbocycles. The average Bonchev–Trinajstić information content (AvgIpc) is 2.57. The van der Waals surface area contributed by atoms with Crippen LogP contribution in [0.5, 0.6) is 0 Å². The van der Waals surface area contributed by atoms with Crippen molar-refractivity contribution in [2.45, 2.75) is 30.6 Å². The normalized spacial score (nSPS) is 12.3. The second-order valence-corrected chi connectivity index (χ2v) is 9.16. The van der Waals surface area contributed by atoms with E-state index in [9.17, 15) is 21.2 Å². The van der Waals surface area contributed by atoms with Crippen molar-refractivity contribution in [3.05, 3.63) is 53.8 Å². The minimum Gasteiger partial charge on any atom is -0.279 e. The zero-order valence-corrected chi connectivity index (χ0v) is 16.4. The third-order valence-electron chi connectivity index (χ3n) is 3.89.